The molecule has 25 heavy (non-hydrogen) atoms. The minimum absolute atomic E-state index is 0.0180. The number of sulfonamides is 1. The number of allylic oxidation sites excluding steroid dienone is 2. The van der Waals surface area contributed by atoms with Crippen LogP contribution in [0.1, 0.15) is 12.8 Å². The fraction of sp³-hybridized carbons (Fsp3) is 0.375. The Morgan fingerprint density at radius 1 is 1.20 bits per heavy atom. The van der Waals surface area contributed by atoms with Crippen LogP contribution in [0.25, 0.3) is 0 Å². The van der Waals surface area contributed by atoms with Crippen molar-refractivity contribution in [2.24, 2.45) is 11.8 Å². The van der Waals surface area contributed by atoms with Gasteiger partial charge in [0, 0.05) is 14.1 Å². The lowest BCUT2D eigenvalue weighted by Crippen LogP contribution is -2.34. The Morgan fingerprint density at radius 3 is 2.36 bits per heavy atom. The van der Waals surface area contributed by atoms with Crippen molar-refractivity contribution < 1.29 is 23.1 Å². The number of carbonyl (C=O) groups excluding carboxylic acids is 1. The average molecular weight is 387 g/mol. The molecule has 0 aromatic heterocycles. The van der Waals surface area contributed by atoms with Gasteiger partial charge in [-0.3, -0.25) is 9.59 Å². The highest BCUT2D eigenvalue weighted by atomic mass is 35.5. The third-order valence-corrected chi connectivity index (χ3v) is 6.20. The molecule has 0 heterocycles. The monoisotopic (exact) mass is 386 g/mol. The molecule has 0 fully saturated rings. The van der Waals surface area contributed by atoms with E-state index in [1.54, 1.807) is 12.2 Å². The number of anilines is 1. The Kier molecular flexibility index (Phi) is 5.87. The number of benzene rings is 1. The number of amides is 1. The summed E-state index contributed by atoms with van der Waals surface area (Å²) in [4.78, 5) is 23.8. The summed E-state index contributed by atoms with van der Waals surface area (Å²) in [6.45, 7) is 0. The Morgan fingerprint density at radius 2 is 1.80 bits per heavy atom. The van der Waals surface area contributed by atoms with E-state index in [2.05, 4.69) is 5.32 Å². The molecule has 1 amide bonds. The van der Waals surface area contributed by atoms with E-state index in [9.17, 15) is 23.1 Å². The molecule has 2 atom stereocenters. The van der Waals surface area contributed by atoms with Crippen molar-refractivity contribution >= 4 is 39.2 Å². The number of hydrogen-bond acceptors (Lipinski definition) is 4. The van der Waals surface area contributed by atoms with E-state index >= 15 is 0 Å². The fourth-order valence-corrected chi connectivity index (χ4v) is 3.67. The topological polar surface area (TPSA) is 104 Å². The summed E-state index contributed by atoms with van der Waals surface area (Å²) in [7, 11) is -0.889. The molecule has 2 rings (SSSR count). The number of carboxylic acids is 1. The van der Waals surface area contributed by atoms with Crippen molar-refractivity contribution in [2.45, 2.75) is 17.7 Å². The minimum Gasteiger partial charge on any atom is -0.481 e. The number of halogens is 1. The molecule has 7 nitrogen and oxygen atoms in total. The molecule has 1 aromatic rings. The van der Waals surface area contributed by atoms with Crippen molar-refractivity contribution in [1.29, 1.82) is 0 Å². The smallest absolute Gasteiger partial charge is 0.307 e. The van der Waals surface area contributed by atoms with Gasteiger partial charge in [0.1, 0.15) is 0 Å². The Hall–Kier alpha value is -1.90. The third-order valence-electron chi connectivity index (χ3n) is 4.06. The van der Waals surface area contributed by atoms with Gasteiger partial charge in [0.15, 0.2) is 0 Å². The summed E-state index contributed by atoms with van der Waals surface area (Å²) in [6.07, 6.45) is 4.07. The minimum atomic E-state index is -3.68. The lowest BCUT2D eigenvalue weighted by atomic mass is 9.82. The SMILES string of the molecule is CN(C)S(=O)(=O)c1ccc(Cl)c(NC(=O)[C@@H]2CC=CC[C@H]2C(=O)O)c1. The highest BCUT2D eigenvalue weighted by Crippen LogP contribution is 2.30. The summed E-state index contributed by atoms with van der Waals surface area (Å²) in [5, 5.41) is 12.0. The summed E-state index contributed by atoms with van der Waals surface area (Å²) < 4.78 is 25.5. The molecule has 0 bridgehead atoms. The summed E-state index contributed by atoms with van der Waals surface area (Å²) in [6, 6.07) is 3.99. The van der Waals surface area contributed by atoms with E-state index in [1.807, 2.05) is 0 Å². The second-order valence-electron chi connectivity index (χ2n) is 5.91. The van der Waals surface area contributed by atoms with Crippen LogP contribution >= 0.6 is 11.6 Å². The highest BCUT2D eigenvalue weighted by molar-refractivity contribution is 7.89. The first-order chi connectivity index (χ1) is 11.6. The zero-order valence-electron chi connectivity index (χ0n) is 13.8. The van der Waals surface area contributed by atoms with Crippen molar-refractivity contribution in [2.75, 3.05) is 19.4 Å². The Balaban J connectivity index is 2.29. The van der Waals surface area contributed by atoms with Crippen molar-refractivity contribution in [3.8, 4) is 0 Å². The predicted octanol–water partition coefficient (Wildman–Crippen LogP) is 2.20. The molecule has 9 heteroatoms. The molecule has 136 valence electrons. The van der Waals surface area contributed by atoms with E-state index in [0.717, 1.165) is 4.31 Å². The number of hydrogen-bond donors (Lipinski definition) is 2. The molecule has 0 aliphatic heterocycles. The van der Waals surface area contributed by atoms with Crippen molar-refractivity contribution in [1.82, 2.24) is 4.31 Å². The molecule has 0 saturated heterocycles. The zero-order valence-corrected chi connectivity index (χ0v) is 15.3. The van der Waals surface area contributed by atoms with Gasteiger partial charge in [-0.1, -0.05) is 23.8 Å². The van der Waals surface area contributed by atoms with E-state index in [-0.39, 0.29) is 22.0 Å². The van der Waals surface area contributed by atoms with Crippen molar-refractivity contribution in [3.05, 3.63) is 35.4 Å². The van der Waals surface area contributed by atoms with E-state index < -0.39 is 33.7 Å². The van der Waals surface area contributed by atoms with Gasteiger partial charge in [-0.15, -0.1) is 0 Å². The summed E-state index contributed by atoms with van der Waals surface area (Å²) in [5.41, 5.74) is 0.133. The molecular formula is C16H19ClN2O5S. The second kappa shape index (κ2) is 7.55. The molecule has 0 saturated carbocycles. The number of rotatable bonds is 5. The van der Waals surface area contributed by atoms with Crippen LogP contribution < -0.4 is 5.32 Å². The largest absolute Gasteiger partial charge is 0.481 e. The molecule has 0 radical (unpaired) electrons. The van der Waals surface area contributed by atoms with Gasteiger partial charge in [0.25, 0.3) is 0 Å². The first-order valence-electron chi connectivity index (χ1n) is 7.55. The van der Waals surface area contributed by atoms with Gasteiger partial charge in [-0.2, -0.15) is 0 Å². The van der Waals surface area contributed by atoms with Gasteiger partial charge in [-0.05, 0) is 31.0 Å². The standard InChI is InChI=1S/C16H19ClN2O5S/c1-19(2)25(23,24)10-7-8-13(17)14(9-10)18-15(20)11-5-3-4-6-12(11)16(21)22/h3-4,7-9,11-12H,5-6H2,1-2H3,(H,18,20)(H,21,22)/t11-,12-/m1/s1. The number of aliphatic carboxylic acids is 1. The van der Waals surface area contributed by atoms with Crippen LogP contribution in [0.15, 0.2) is 35.2 Å². The number of nitrogens with zero attached hydrogens (tertiary/aromatic N) is 1. The number of nitrogens with one attached hydrogen (secondary N) is 1. The van der Waals surface area contributed by atoms with Crippen LogP contribution in [-0.2, 0) is 19.6 Å². The lowest BCUT2D eigenvalue weighted by molar-refractivity contribution is -0.146. The van der Waals surface area contributed by atoms with Gasteiger partial charge in [0.2, 0.25) is 15.9 Å². The highest BCUT2D eigenvalue weighted by Gasteiger charge is 2.34. The van der Waals surface area contributed by atoms with Gasteiger partial charge in [-0.25, -0.2) is 12.7 Å². The van der Waals surface area contributed by atoms with Gasteiger partial charge < -0.3 is 10.4 Å². The number of carboxylic acid groups (broad SMARTS) is 1. The quantitative estimate of drug-likeness (QED) is 0.755. The number of carbonyl (C=O) groups is 2. The van der Waals surface area contributed by atoms with Crippen LogP contribution in [-0.4, -0.2) is 43.8 Å². The summed E-state index contributed by atoms with van der Waals surface area (Å²) in [5.74, 6) is -3.11. The molecule has 1 aliphatic rings. The van der Waals surface area contributed by atoms with E-state index in [4.69, 9.17) is 11.6 Å². The maximum Gasteiger partial charge on any atom is 0.307 e. The average Bonchev–Trinajstić information content (AvgIpc) is 2.56. The molecule has 0 unspecified atom stereocenters. The molecule has 1 aromatic carbocycles. The predicted molar refractivity (Wildman–Crippen MR) is 93.9 cm³/mol. The molecule has 1 aliphatic carbocycles. The van der Waals surface area contributed by atoms with Gasteiger partial charge in [0.05, 0.1) is 27.4 Å². The fourth-order valence-electron chi connectivity index (χ4n) is 2.57. The van der Waals surface area contributed by atoms with E-state index in [0.29, 0.717) is 6.42 Å². The first-order valence-corrected chi connectivity index (χ1v) is 9.37. The Bertz CT molecular complexity index is 820. The van der Waals surface area contributed by atoms with E-state index in [1.165, 1.54) is 32.3 Å². The zero-order chi connectivity index (χ0) is 18.8. The third kappa shape index (κ3) is 4.20. The van der Waals surface area contributed by atoms with Crippen LogP contribution in [0.5, 0.6) is 0 Å². The first kappa shape index (κ1) is 19.4. The van der Waals surface area contributed by atoms with Crippen LogP contribution in [0.4, 0.5) is 5.69 Å². The maximum absolute atomic E-state index is 12.5. The van der Waals surface area contributed by atoms with Crippen LogP contribution in [0.3, 0.4) is 0 Å². The normalized spacial score (nSPS) is 20.5. The molecule has 0 spiro atoms. The van der Waals surface area contributed by atoms with Gasteiger partial charge >= 0.3 is 5.97 Å². The van der Waals surface area contributed by atoms with Crippen molar-refractivity contribution in [3.63, 3.8) is 0 Å². The maximum atomic E-state index is 12.5. The second-order valence-corrected chi connectivity index (χ2v) is 8.47. The molecular weight excluding hydrogens is 368 g/mol. The lowest BCUT2D eigenvalue weighted by Gasteiger charge is -2.24. The van der Waals surface area contributed by atoms with Crippen LogP contribution in [0.2, 0.25) is 5.02 Å². The Labute approximate surface area is 151 Å². The summed E-state index contributed by atoms with van der Waals surface area (Å²) >= 11 is 6.05. The van der Waals surface area contributed by atoms with Crippen LogP contribution in [0, 0.1) is 11.8 Å². The molecule has 2 N–H and O–H groups in total.